The fourth-order valence-electron chi connectivity index (χ4n) is 1.52. The molecule has 0 aliphatic heterocycles. The molecule has 0 amide bonds. The van der Waals surface area contributed by atoms with Crippen molar-refractivity contribution in [1.82, 2.24) is 9.97 Å². The minimum Gasteiger partial charge on any atom is -0.381 e. The van der Waals surface area contributed by atoms with Crippen LogP contribution in [0.25, 0.3) is 0 Å². The van der Waals surface area contributed by atoms with Gasteiger partial charge in [-0.2, -0.15) is 0 Å². The van der Waals surface area contributed by atoms with Crippen molar-refractivity contribution in [1.29, 1.82) is 0 Å². The van der Waals surface area contributed by atoms with Crippen molar-refractivity contribution in [3.63, 3.8) is 0 Å². The number of nitrogens with zero attached hydrogens (tertiary/aromatic N) is 2. The Morgan fingerprint density at radius 3 is 2.35 bits per heavy atom. The third-order valence-corrected chi connectivity index (χ3v) is 2.58. The van der Waals surface area contributed by atoms with E-state index >= 15 is 0 Å². The van der Waals surface area contributed by atoms with Gasteiger partial charge in [0.05, 0.1) is 11.9 Å². The lowest BCUT2D eigenvalue weighted by Crippen LogP contribution is -2.10. The number of rotatable bonds is 8. The molecule has 0 unspecified atom stereocenters. The summed E-state index contributed by atoms with van der Waals surface area (Å²) < 4.78 is 0. The first-order chi connectivity index (χ1) is 8.27. The van der Waals surface area contributed by atoms with E-state index in [1.54, 1.807) is 0 Å². The van der Waals surface area contributed by atoms with E-state index in [0.717, 1.165) is 36.8 Å². The van der Waals surface area contributed by atoms with Crippen molar-refractivity contribution in [3.05, 3.63) is 12.0 Å². The molecule has 0 bridgehead atoms. The summed E-state index contributed by atoms with van der Waals surface area (Å²) in [5, 5.41) is 6.75. The molecule has 0 aliphatic carbocycles. The monoisotopic (exact) mass is 236 g/mol. The summed E-state index contributed by atoms with van der Waals surface area (Å²) in [5.74, 6) is 1.74. The number of aryl methyl sites for hydroxylation is 1. The summed E-state index contributed by atoms with van der Waals surface area (Å²) >= 11 is 0. The molecule has 0 atom stereocenters. The second-order valence-corrected chi connectivity index (χ2v) is 4.24. The normalized spacial score (nSPS) is 10.3. The highest BCUT2D eigenvalue weighted by Gasteiger charge is 2.04. The molecule has 1 rings (SSSR count). The summed E-state index contributed by atoms with van der Waals surface area (Å²) in [6.45, 7) is 8.24. The van der Waals surface area contributed by atoms with Crippen LogP contribution in [0.2, 0.25) is 0 Å². The first kappa shape index (κ1) is 13.7. The quantitative estimate of drug-likeness (QED) is 0.680. The molecule has 1 heterocycles. The lowest BCUT2D eigenvalue weighted by Gasteiger charge is -2.12. The van der Waals surface area contributed by atoms with E-state index in [1.165, 1.54) is 19.3 Å². The van der Waals surface area contributed by atoms with E-state index in [9.17, 15) is 0 Å². The summed E-state index contributed by atoms with van der Waals surface area (Å²) in [4.78, 5) is 8.67. The Bertz CT molecular complexity index is 325. The van der Waals surface area contributed by atoms with Crippen molar-refractivity contribution in [2.24, 2.45) is 0 Å². The zero-order chi connectivity index (χ0) is 12.5. The van der Waals surface area contributed by atoms with Crippen molar-refractivity contribution in [2.75, 3.05) is 23.7 Å². The third kappa shape index (κ3) is 5.02. The molecule has 0 saturated heterocycles. The molecule has 0 saturated carbocycles. The van der Waals surface area contributed by atoms with Crippen LogP contribution in [-0.4, -0.2) is 23.1 Å². The Balaban J connectivity index is 2.59. The smallest absolute Gasteiger partial charge is 0.153 e. The van der Waals surface area contributed by atoms with Crippen molar-refractivity contribution in [3.8, 4) is 0 Å². The molecule has 0 spiro atoms. The fraction of sp³-hybridized carbons (Fsp3) is 0.692. The van der Waals surface area contributed by atoms with Gasteiger partial charge in [-0.3, -0.25) is 0 Å². The molecule has 4 nitrogen and oxygen atoms in total. The molecular weight excluding hydrogens is 212 g/mol. The number of anilines is 2. The SMILES string of the molecule is CCCCNc1cnc(C)nc1NCCCC. The summed E-state index contributed by atoms with van der Waals surface area (Å²) in [7, 11) is 0. The average Bonchev–Trinajstić information content (AvgIpc) is 2.32. The number of unbranched alkanes of at least 4 members (excludes halogenated alkanes) is 2. The summed E-state index contributed by atoms with van der Waals surface area (Å²) in [5.41, 5.74) is 1.01. The van der Waals surface area contributed by atoms with E-state index in [-0.39, 0.29) is 0 Å². The van der Waals surface area contributed by atoms with Crippen molar-refractivity contribution >= 4 is 11.5 Å². The van der Waals surface area contributed by atoms with E-state index in [1.807, 2.05) is 13.1 Å². The van der Waals surface area contributed by atoms with Gasteiger partial charge in [0.15, 0.2) is 5.82 Å². The van der Waals surface area contributed by atoms with Crippen LogP contribution in [0.5, 0.6) is 0 Å². The first-order valence-corrected chi connectivity index (χ1v) is 6.59. The van der Waals surface area contributed by atoms with E-state index in [0.29, 0.717) is 0 Å². The molecule has 0 fully saturated rings. The van der Waals surface area contributed by atoms with Gasteiger partial charge in [0, 0.05) is 13.1 Å². The van der Waals surface area contributed by atoms with Crippen LogP contribution in [0.15, 0.2) is 6.20 Å². The Labute approximate surface area is 104 Å². The fourth-order valence-corrected chi connectivity index (χ4v) is 1.52. The average molecular weight is 236 g/mol. The van der Waals surface area contributed by atoms with Crippen LogP contribution >= 0.6 is 0 Å². The highest BCUT2D eigenvalue weighted by Crippen LogP contribution is 2.17. The Morgan fingerprint density at radius 2 is 1.71 bits per heavy atom. The highest BCUT2D eigenvalue weighted by molar-refractivity contribution is 5.62. The largest absolute Gasteiger partial charge is 0.381 e. The molecular formula is C13H24N4. The third-order valence-electron chi connectivity index (χ3n) is 2.58. The Hall–Kier alpha value is -1.32. The van der Waals surface area contributed by atoms with Crippen LogP contribution in [-0.2, 0) is 0 Å². The lowest BCUT2D eigenvalue weighted by atomic mass is 10.3. The van der Waals surface area contributed by atoms with Gasteiger partial charge in [-0.05, 0) is 19.8 Å². The Morgan fingerprint density at radius 1 is 1.06 bits per heavy atom. The first-order valence-electron chi connectivity index (χ1n) is 6.59. The summed E-state index contributed by atoms with van der Waals surface area (Å²) in [6, 6.07) is 0. The van der Waals surface area contributed by atoms with Crippen LogP contribution < -0.4 is 10.6 Å². The van der Waals surface area contributed by atoms with Gasteiger partial charge >= 0.3 is 0 Å². The highest BCUT2D eigenvalue weighted by atomic mass is 15.1. The Kier molecular flexibility index (Phi) is 6.37. The molecule has 0 radical (unpaired) electrons. The minimum atomic E-state index is 0.810. The van der Waals surface area contributed by atoms with Crippen molar-refractivity contribution in [2.45, 2.75) is 46.5 Å². The van der Waals surface area contributed by atoms with E-state index in [2.05, 4.69) is 34.4 Å². The minimum absolute atomic E-state index is 0.810. The van der Waals surface area contributed by atoms with Crippen LogP contribution in [0, 0.1) is 6.92 Å². The number of aromatic nitrogens is 2. The molecule has 2 N–H and O–H groups in total. The molecule has 96 valence electrons. The molecule has 0 aromatic carbocycles. The van der Waals surface area contributed by atoms with Crippen LogP contribution in [0.4, 0.5) is 11.5 Å². The van der Waals surface area contributed by atoms with Crippen LogP contribution in [0.3, 0.4) is 0 Å². The summed E-state index contributed by atoms with van der Waals surface area (Å²) in [6.07, 6.45) is 6.58. The van der Waals surface area contributed by atoms with Gasteiger partial charge in [0.1, 0.15) is 5.82 Å². The number of hydrogen-bond donors (Lipinski definition) is 2. The molecule has 1 aromatic rings. The van der Waals surface area contributed by atoms with Crippen LogP contribution in [0.1, 0.15) is 45.4 Å². The molecule has 0 aliphatic rings. The zero-order valence-corrected chi connectivity index (χ0v) is 11.2. The maximum absolute atomic E-state index is 4.44. The van der Waals surface area contributed by atoms with Gasteiger partial charge in [0.25, 0.3) is 0 Å². The maximum atomic E-state index is 4.44. The van der Waals surface area contributed by atoms with E-state index in [4.69, 9.17) is 0 Å². The van der Waals surface area contributed by atoms with Gasteiger partial charge in [0.2, 0.25) is 0 Å². The second-order valence-electron chi connectivity index (χ2n) is 4.24. The number of nitrogens with one attached hydrogen (secondary N) is 2. The van der Waals surface area contributed by atoms with Gasteiger partial charge < -0.3 is 10.6 Å². The predicted octanol–water partition coefficient (Wildman–Crippen LogP) is 3.21. The van der Waals surface area contributed by atoms with E-state index < -0.39 is 0 Å². The topological polar surface area (TPSA) is 49.8 Å². The predicted molar refractivity (Wildman–Crippen MR) is 73.6 cm³/mol. The lowest BCUT2D eigenvalue weighted by molar-refractivity contribution is 0.822. The molecule has 1 aromatic heterocycles. The number of hydrogen-bond acceptors (Lipinski definition) is 4. The molecule has 4 heteroatoms. The maximum Gasteiger partial charge on any atom is 0.153 e. The standard InChI is InChI=1S/C13H24N4/c1-4-6-8-14-12-10-16-11(3)17-13(12)15-9-7-5-2/h10,14H,4-9H2,1-3H3,(H,15,16,17). The second kappa shape index (κ2) is 7.87. The zero-order valence-electron chi connectivity index (χ0n) is 11.2. The van der Waals surface area contributed by atoms with Crippen molar-refractivity contribution < 1.29 is 0 Å². The van der Waals surface area contributed by atoms with Gasteiger partial charge in [-0.1, -0.05) is 26.7 Å². The van der Waals surface area contributed by atoms with Gasteiger partial charge in [-0.15, -0.1) is 0 Å². The molecule has 17 heavy (non-hydrogen) atoms. The van der Waals surface area contributed by atoms with Gasteiger partial charge in [-0.25, -0.2) is 9.97 Å².